The molecule has 2 amide bonds. The lowest BCUT2D eigenvalue weighted by atomic mass is 10.1. The minimum Gasteiger partial charge on any atom is -0.345 e. The van der Waals surface area contributed by atoms with Gasteiger partial charge in [0.2, 0.25) is 5.91 Å². The Bertz CT molecular complexity index is 1350. The van der Waals surface area contributed by atoms with E-state index in [1.54, 1.807) is 30.3 Å². The number of halogens is 1. The predicted octanol–water partition coefficient (Wildman–Crippen LogP) is 4.93. The van der Waals surface area contributed by atoms with Crippen LogP contribution >= 0.6 is 23.4 Å². The Balaban J connectivity index is 1.37. The zero-order valence-corrected chi connectivity index (χ0v) is 19.8. The van der Waals surface area contributed by atoms with Crippen molar-refractivity contribution in [2.75, 3.05) is 11.1 Å². The van der Waals surface area contributed by atoms with Crippen molar-refractivity contribution in [3.05, 3.63) is 95.8 Å². The van der Waals surface area contributed by atoms with Crippen LogP contribution in [0.5, 0.6) is 0 Å². The third kappa shape index (κ3) is 5.84. The van der Waals surface area contributed by atoms with Crippen LogP contribution in [0.3, 0.4) is 0 Å². The summed E-state index contributed by atoms with van der Waals surface area (Å²) in [5, 5.41) is 17.4. The first-order chi connectivity index (χ1) is 16.5. The van der Waals surface area contributed by atoms with Gasteiger partial charge in [-0.2, -0.15) is 0 Å². The van der Waals surface area contributed by atoms with Gasteiger partial charge in [0, 0.05) is 22.8 Å². The number of fused-ring (bicyclic) bond motifs is 1. The summed E-state index contributed by atoms with van der Waals surface area (Å²) < 4.78 is 1.82. The first-order valence-corrected chi connectivity index (χ1v) is 11.9. The van der Waals surface area contributed by atoms with Crippen LogP contribution in [0.1, 0.15) is 16.2 Å². The van der Waals surface area contributed by atoms with E-state index in [0.717, 1.165) is 16.5 Å². The van der Waals surface area contributed by atoms with Crippen LogP contribution in [-0.2, 0) is 17.9 Å². The molecule has 0 saturated carbocycles. The van der Waals surface area contributed by atoms with Gasteiger partial charge in [0.15, 0.2) is 11.0 Å². The molecule has 0 aliphatic rings. The number of anilines is 1. The molecule has 0 saturated heterocycles. The van der Waals surface area contributed by atoms with Gasteiger partial charge in [-0.25, -0.2) is 0 Å². The van der Waals surface area contributed by atoms with Gasteiger partial charge < -0.3 is 15.2 Å². The molecule has 34 heavy (non-hydrogen) atoms. The van der Waals surface area contributed by atoms with E-state index in [9.17, 15) is 9.59 Å². The van der Waals surface area contributed by atoms with E-state index in [-0.39, 0.29) is 24.1 Å². The van der Waals surface area contributed by atoms with E-state index in [1.807, 2.05) is 47.0 Å². The van der Waals surface area contributed by atoms with Gasteiger partial charge in [-0.05, 0) is 41.1 Å². The smallest absolute Gasteiger partial charge is 0.251 e. The van der Waals surface area contributed by atoms with Gasteiger partial charge in [-0.3, -0.25) is 9.59 Å². The number of nitrogens with one attached hydrogen (secondary N) is 2. The fourth-order valence-corrected chi connectivity index (χ4v) is 4.31. The summed E-state index contributed by atoms with van der Waals surface area (Å²) in [6.07, 6.45) is 1.71. The minimum atomic E-state index is -0.264. The molecule has 0 spiro atoms. The minimum absolute atomic E-state index is 0.149. The maximum atomic E-state index is 12.5. The molecule has 0 bridgehead atoms. The fourth-order valence-electron chi connectivity index (χ4n) is 3.35. The third-order valence-electron chi connectivity index (χ3n) is 4.96. The van der Waals surface area contributed by atoms with Crippen LogP contribution in [0, 0.1) is 0 Å². The van der Waals surface area contributed by atoms with E-state index >= 15 is 0 Å². The van der Waals surface area contributed by atoms with Gasteiger partial charge >= 0.3 is 0 Å². The van der Waals surface area contributed by atoms with Gasteiger partial charge in [-0.15, -0.1) is 16.8 Å². The summed E-state index contributed by atoms with van der Waals surface area (Å²) in [5.41, 5.74) is 1.20. The van der Waals surface area contributed by atoms with Crippen molar-refractivity contribution >= 4 is 51.6 Å². The molecule has 9 heteroatoms. The predicted molar refractivity (Wildman–Crippen MR) is 136 cm³/mol. The molecule has 7 nitrogen and oxygen atoms in total. The van der Waals surface area contributed by atoms with E-state index in [2.05, 4.69) is 27.4 Å². The van der Waals surface area contributed by atoms with Crippen molar-refractivity contribution in [1.29, 1.82) is 0 Å². The lowest BCUT2D eigenvalue weighted by Gasteiger charge is -2.09. The SMILES string of the molecule is C=CCn1c(CNC(=O)c2cccc(Cl)c2)nnc1SCC(=O)Nc1ccc2ccccc2c1. The summed E-state index contributed by atoms with van der Waals surface area (Å²) in [5.74, 6) is 0.313. The molecular weight excluding hydrogens is 470 g/mol. The van der Waals surface area contributed by atoms with Crippen molar-refractivity contribution in [2.24, 2.45) is 0 Å². The lowest BCUT2D eigenvalue weighted by Crippen LogP contribution is -2.24. The first-order valence-electron chi connectivity index (χ1n) is 10.5. The number of carbonyl (C=O) groups is 2. The van der Waals surface area contributed by atoms with Crippen LogP contribution in [0.25, 0.3) is 10.8 Å². The second-order valence-electron chi connectivity index (χ2n) is 7.39. The molecule has 3 aromatic carbocycles. The highest BCUT2D eigenvalue weighted by molar-refractivity contribution is 7.99. The van der Waals surface area contributed by atoms with E-state index in [1.165, 1.54) is 11.8 Å². The van der Waals surface area contributed by atoms with Crippen molar-refractivity contribution in [3.8, 4) is 0 Å². The molecule has 4 rings (SSSR count). The van der Waals surface area contributed by atoms with Gasteiger partial charge in [0.1, 0.15) is 0 Å². The molecule has 0 aliphatic carbocycles. The highest BCUT2D eigenvalue weighted by Crippen LogP contribution is 2.21. The van der Waals surface area contributed by atoms with Crippen molar-refractivity contribution in [3.63, 3.8) is 0 Å². The standard InChI is InChI=1S/C25H22ClN5O2S/c1-2-12-31-22(15-27-24(33)19-8-5-9-20(26)13-19)29-30-25(31)34-16-23(32)28-21-11-10-17-6-3-4-7-18(17)14-21/h2-11,13-14H,1,12,15-16H2,(H,27,33)(H,28,32). The second-order valence-corrected chi connectivity index (χ2v) is 8.77. The Morgan fingerprint density at radius 3 is 2.65 bits per heavy atom. The average molecular weight is 492 g/mol. The largest absolute Gasteiger partial charge is 0.345 e. The molecule has 0 atom stereocenters. The highest BCUT2D eigenvalue weighted by atomic mass is 35.5. The number of hydrogen-bond acceptors (Lipinski definition) is 5. The van der Waals surface area contributed by atoms with Crippen LogP contribution in [-0.4, -0.2) is 32.3 Å². The first kappa shape index (κ1) is 23.5. The molecule has 1 aromatic heterocycles. The van der Waals surface area contributed by atoms with Crippen molar-refractivity contribution < 1.29 is 9.59 Å². The number of carbonyl (C=O) groups excluding carboxylic acids is 2. The van der Waals surface area contributed by atoms with Crippen LogP contribution in [0.4, 0.5) is 5.69 Å². The summed E-state index contributed by atoms with van der Waals surface area (Å²) in [6, 6.07) is 20.5. The van der Waals surface area contributed by atoms with Gasteiger partial charge in [0.25, 0.3) is 5.91 Å². The zero-order chi connectivity index (χ0) is 23.9. The number of amides is 2. The van der Waals surface area contributed by atoms with Crippen molar-refractivity contribution in [1.82, 2.24) is 20.1 Å². The number of rotatable bonds is 9. The van der Waals surface area contributed by atoms with Crippen LogP contribution < -0.4 is 10.6 Å². The lowest BCUT2D eigenvalue weighted by molar-refractivity contribution is -0.113. The Morgan fingerprint density at radius 1 is 1.03 bits per heavy atom. The molecule has 0 fully saturated rings. The number of hydrogen-bond donors (Lipinski definition) is 2. The third-order valence-corrected chi connectivity index (χ3v) is 6.17. The van der Waals surface area contributed by atoms with E-state index < -0.39 is 0 Å². The summed E-state index contributed by atoms with van der Waals surface area (Å²) >= 11 is 7.23. The Hall–Kier alpha value is -3.62. The number of nitrogens with zero attached hydrogens (tertiary/aromatic N) is 3. The second kappa shape index (κ2) is 11.0. The average Bonchev–Trinajstić information content (AvgIpc) is 3.22. The number of thioether (sulfide) groups is 1. The molecule has 2 N–H and O–H groups in total. The van der Waals surface area contributed by atoms with E-state index in [4.69, 9.17) is 11.6 Å². The quantitative estimate of drug-likeness (QED) is 0.256. The van der Waals surface area contributed by atoms with Gasteiger partial charge in [0.05, 0.1) is 12.3 Å². The molecular formula is C25H22ClN5O2S. The van der Waals surface area contributed by atoms with Crippen LogP contribution in [0.2, 0.25) is 5.02 Å². The molecule has 0 radical (unpaired) electrons. The molecule has 1 heterocycles. The highest BCUT2D eigenvalue weighted by Gasteiger charge is 2.15. The normalized spacial score (nSPS) is 10.7. The summed E-state index contributed by atoms with van der Waals surface area (Å²) in [4.78, 5) is 24.9. The topological polar surface area (TPSA) is 88.9 Å². The molecule has 4 aromatic rings. The number of benzene rings is 3. The Labute approximate surface area is 206 Å². The molecule has 0 aliphatic heterocycles. The monoisotopic (exact) mass is 491 g/mol. The number of aromatic nitrogens is 3. The summed E-state index contributed by atoms with van der Waals surface area (Å²) in [7, 11) is 0. The zero-order valence-electron chi connectivity index (χ0n) is 18.2. The molecule has 172 valence electrons. The maximum absolute atomic E-state index is 12.5. The number of allylic oxidation sites excluding steroid dienone is 1. The molecule has 0 unspecified atom stereocenters. The fraction of sp³-hybridized carbons (Fsp3) is 0.120. The maximum Gasteiger partial charge on any atom is 0.251 e. The van der Waals surface area contributed by atoms with Gasteiger partial charge in [-0.1, -0.05) is 65.8 Å². The Morgan fingerprint density at radius 2 is 1.85 bits per heavy atom. The van der Waals surface area contributed by atoms with E-state index in [0.29, 0.717) is 28.1 Å². The Kier molecular flexibility index (Phi) is 7.61. The summed E-state index contributed by atoms with van der Waals surface area (Å²) in [6.45, 7) is 4.40. The van der Waals surface area contributed by atoms with Crippen LogP contribution in [0.15, 0.2) is 84.5 Å². The van der Waals surface area contributed by atoms with Crippen molar-refractivity contribution in [2.45, 2.75) is 18.2 Å².